The maximum absolute atomic E-state index is 12.6. The first-order chi connectivity index (χ1) is 9.01. The zero-order valence-corrected chi connectivity index (χ0v) is 12.8. The molecule has 2 unspecified atom stereocenters. The lowest BCUT2D eigenvalue weighted by atomic mass is 10.1. The highest BCUT2D eigenvalue weighted by atomic mass is 32.2. The standard InChI is InChI=1S/C13H21NO3S2/c1-11(15)10-12-6-3-2-4-8-14(12)19(16,17)13-7-5-9-18-13/h5,7,9,11-12,15H,2-4,6,8,10H2,1H3. The van der Waals surface area contributed by atoms with Gasteiger partial charge in [0.1, 0.15) is 4.21 Å². The van der Waals surface area contributed by atoms with Crippen LogP contribution in [0.15, 0.2) is 21.7 Å². The van der Waals surface area contributed by atoms with Gasteiger partial charge in [0.2, 0.25) is 0 Å². The van der Waals surface area contributed by atoms with Gasteiger partial charge < -0.3 is 5.11 Å². The first-order valence-corrected chi connectivity index (χ1v) is 9.07. The third-order valence-electron chi connectivity index (χ3n) is 3.49. The van der Waals surface area contributed by atoms with E-state index in [1.807, 2.05) is 0 Å². The lowest BCUT2D eigenvalue weighted by Gasteiger charge is -2.29. The van der Waals surface area contributed by atoms with Gasteiger partial charge in [0, 0.05) is 12.6 Å². The average molecular weight is 303 g/mol. The molecule has 0 spiro atoms. The van der Waals surface area contributed by atoms with E-state index in [2.05, 4.69) is 0 Å². The van der Waals surface area contributed by atoms with Gasteiger partial charge in [-0.1, -0.05) is 18.9 Å². The molecule has 0 saturated carbocycles. The van der Waals surface area contributed by atoms with Crippen LogP contribution in [0.4, 0.5) is 0 Å². The van der Waals surface area contributed by atoms with Gasteiger partial charge in [-0.05, 0) is 37.6 Å². The Labute approximate surface area is 119 Å². The van der Waals surface area contributed by atoms with Crippen LogP contribution in [0.3, 0.4) is 0 Å². The molecule has 2 heterocycles. The van der Waals surface area contributed by atoms with E-state index in [9.17, 15) is 13.5 Å². The van der Waals surface area contributed by atoms with Crippen LogP contribution in [-0.4, -0.2) is 36.5 Å². The summed E-state index contributed by atoms with van der Waals surface area (Å²) in [7, 11) is -3.40. The van der Waals surface area contributed by atoms with Gasteiger partial charge in [-0.2, -0.15) is 4.31 Å². The Bertz CT molecular complexity index is 482. The molecular formula is C13H21NO3S2. The number of thiophene rings is 1. The quantitative estimate of drug-likeness (QED) is 0.929. The summed E-state index contributed by atoms with van der Waals surface area (Å²) in [5.74, 6) is 0. The number of sulfonamides is 1. The van der Waals surface area contributed by atoms with E-state index in [0.29, 0.717) is 17.2 Å². The van der Waals surface area contributed by atoms with E-state index in [1.165, 1.54) is 11.3 Å². The zero-order valence-electron chi connectivity index (χ0n) is 11.2. The molecule has 1 aliphatic rings. The van der Waals surface area contributed by atoms with Crippen molar-refractivity contribution in [3.05, 3.63) is 17.5 Å². The Balaban J connectivity index is 2.27. The van der Waals surface area contributed by atoms with Crippen LogP contribution in [0.1, 0.15) is 39.0 Å². The number of aliphatic hydroxyl groups is 1. The third-order valence-corrected chi connectivity index (χ3v) is 6.82. The minimum Gasteiger partial charge on any atom is -0.393 e. The summed E-state index contributed by atoms with van der Waals surface area (Å²) in [4.78, 5) is 0. The molecule has 1 N–H and O–H groups in total. The second kappa shape index (κ2) is 6.35. The van der Waals surface area contributed by atoms with Crippen LogP contribution in [0.5, 0.6) is 0 Å². The molecule has 0 radical (unpaired) electrons. The molecule has 0 aliphatic carbocycles. The van der Waals surface area contributed by atoms with Crippen molar-refractivity contribution in [2.24, 2.45) is 0 Å². The van der Waals surface area contributed by atoms with Crippen molar-refractivity contribution >= 4 is 21.4 Å². The first kappa shape index (κ1) is 15.0. The maximum Gasteiger partial charge on any atom is 0.252 e. The van der Waals surface area contributed by atoms with Crippen molar-refractivity contribution in [1.82, 2.24) is 4.31 Å². The predicted octanol–water partition coefficient (Wildman–Crippen LogP) is 2.45. The van der Waals surface area contributed by atoms with Crippen LogP contribution in [0.25, 0.3) is 0 Å². The van der Waals surface area contributed by atoms with Crippen LogP contribution >= 0.6 is 11.3 Å². The van der Waals surface area contributed by atoms with Crippen molar-refractivity contribution in [2.45, 2.75) is 55.4 Å². The van der Waals surface area contributed by atoms with Crippen molar-refractivity contribution in [2.75, 3.05) is 6.54 Å². The zero-order chi connectivity index (χ0) is 13.9. The summed E-state index contributed by atoms with van der Waals surface area (Å²) in [5, 5.41) is 11.4. The number of hydrogen-bond donors (Lipinski definition) is 1. The normalized spacial score (nSPS) is 24.0. The van der Waals surface area contributed by atoms with Crippen molar-refractivity contribution in [1.29, 1.82) is 0 Å². The van der Waals surface area contributed by atoms with Crippen LogP contribution in [-0.2, 0) is 10.0 Å². The van der Waals surface area contributed by atoms with Gasteiger partial charge in [0.25, 0.3) is 10.0 Å². The highest BCUT2D eigenvalue weighted by Gasteiger charge is 2.33. The van der Waals surface area contributed by atoms with Gasteiger partial charge in [-0.3, -0.25) is 0 Å². The molecular weight excluding hydrogens is 282 g/mol. The van der Waals surface area contributed by atoms with Crippen molar-refractivity contribution in [3.63, 3.8) is 0 Å². The topological polar surface area (TPSA) is 57.6 Å². The molecule has 1 fully saturated rings. The average Bonchev–Trinajstić information content (AvgIpc) is 2.77. The molecule has 1 aliphatic heterocycles. The molecule has 2 atom stereocenters. The number of rotatable bonds is 4. The summed E-state index contributed by atoms with van der Waals surface area (Å²) in [6.45, 7) is 2.29. The molecule has 4 nitrogen and oxygen atoms in total. The first-order valence-electron chi connectivity index (χ1n) is 6.75. The Morgan fingerprint density at radius 2 is 2.26 bits per heavy atom. The van der Waals surface area contributed by atoms with Crippen LogP contribution in [0.2, 0.25) is 0 Å². The largest absolute Gasteiger partial charge is 0.393 e. The van der Waals surface area contributed by atoms with Gasteiger partial charge in [0.05, 0.1) is 6.10 Å². The number of hydrogen-bond acceptors (Lipinski definition) is 4. The summed E-state index contributed by atoms with van der Waals surface area (Å²) < 4.78 is 27.3. The summed E-state index contributed by atoms with van der Waals surface area (Å²) in [6.07, 6.45) is 3.89. The van der Waals surface area contributed by atoms with Gasteiger partial charge in [-0.15, -0.1) is 11.3 Å². The molecule has 2 rings (SSSR count). The molecule has 1 saturated heterocycles. The third kappa shape index (κ3) is 3.56. The van der Waals surface area contributed by atoms with Gasteiger partial charge in [0.15, 0.2) is 0 Å². The van der Waals surface area contributed by atoms with Crippen LogP contribution < -0.4 is 0 Å². The molecule has 19 heavy (non-hydrogen) atoms. The smallest absolute Gasteiger partial charge is 0.252 e. The highest BCUT2D eigenvalue weighted by molar-refractivity contribution is 7.91. The Hall–Kier alpha value is -0.430. The van der Waals surface area contributed by atoms with E-state index >= 15 is 0 Å². The lowest BCUT2D eigenvalue weighted by molar-refractivity contribution is 0.147. The SMILES string of the molecule is CC(O)CC1CCCCCN1S(=O)(=O)c1cccs1. The lowest BCUT2D eigenvalue weighted by Crippen LogP contribution is -2.41. The number of nitrogens with zero attached hydrogens (tertiary/aromatic N) is 1. The molecule has 1 aromatic heterocycles. The Kier molecular flexibility index (Phi) is 5.00. The van der Waals surface area contributed by atoms with E-state index < -0.39 is 16.1 Å². The van der Waals surface area contributed by atoms with Crippen LogP contribution in [0, 0.1) is 0 Å². The minimum absolute atomic E-state index is 0.0744. The van der Waals surface area contributed by atoms with Gasteiger partial charge >= 0.3 is 0 Å². The highest BCUT2D eigenvalue weighted by Crippen LogP contribution is 2.29. The second-order valence-electron chi connectivity index (χ2n) is 5.14. The summed E-state index contributed by atoms with van der Waals surface area (Å²) in [5.41, 5.74) is 0. The molecule has 6 heteroatoms. The summed E-state index contributed by atoms with van der Waals surface area (Å²) >= 11 is 1.26. The van der Waals surface area contributed by atoms with E-state index in [4.69, 9.17) is 0 Å². The fraction of sp³-hybridized carbons (Fsp3) is 0.692. The number of aliphatic hydroxyl groups excluding tert-OH is 1. The predicted molar refractivity (Wildman–Crippen MR) is 76.8 cm³/mol. The molecule has 0 aromatic carbocycles. The monoisotopic (exact) mass is 303 g/mol. The Morgan fingerprint density at radius 1 is 1.47 bits per heavy atom. The second-order valence-corrected chi connectivity index (χ2v) is 8.20. The molecule has 0 amide bonds. The maximum atomic E-state index is 12.6. The molecule has 108 valence electrons. The van der Waals surface area contributed by atoms with Crippen molar-refractivity contribution < 1.29 is 13.5 Å². The van der Waals surface area contributed by atoms with Crippen molar-refractivity contribution in [3.8, 4) is 0 Å². The minimum atomic E-state index is -3.40. The molecule has 1 aromatic rings. The molecule has 0 bridgehead atoms. The Morgan fingerprint density at radius 3 is 2.89 bits per heavy atom. The van der Waals surface area contributed by atoms with Gasteiger partial charge in [-0.25, -0.2) is 8.42 Å². The fourth-order valence-electron chi connectivity index (χ4n) is 2.62. The fourth-order valence-corrected chi connectivity index (χ4v) is 5.45. The van der Waals surface area contributed by atoms with E-state index in [0.717, 1.165) is 25.7 Å². The summed E-state index contributed by atoms with van der Waals surface area (Å²) in [6, 6.07) is 3.35. The van der Waals surface area contributed by atoms with E-state index in [1.54, 1.807) is 28.7 Å². The van der Waals surface area contributed by atoms with E-state index in [-0.39, 0.29) is 6.04 Å².